The van der Waals surface area contributed by atoms with Gasteiger partial charge in [0.05, 0.1) is 5.69 Å². The number of carboxylic acid groups (broad SMARTS) is 1. The molecule has 0 heterocycles. The van der Waals surface area contributed by atoms with Gasteiger partial charge in [0.1, 0.15) is 5.82 Å². The van der Waals surface area contributed by atoms with Crippen molar-refractivity contribution in [2.24, 2.45) is 0 Å². The van der Waals surface area contributed by atoms with Crippen molar-refractivity contribution in [2.75, 3.05) is 12.3 Å². The molecular formula is C11H13FN2O4. The molecular weight excluding hydrogens is 243 g/mol. The van der Waals surface area contributed by atoms with Crippen LogP contribution in [0.1, 0.15) is 16.8 Å². The van der Waals surface area contributed by atoms with Crippen molar-refractivity contribution in [3.63, 3.8) is 0 Å². The van der Waals surface area contributed by atoms with E-state index in [0.717, 1.165) is 6.07 Å². The monoisotopic (exact) mass is 256 g/mol. The molecule has 1 amide bonds. The lowest BCUT2D eigenvalue weighted by Crippen LogP contribution is -2.30. The number of rotatable bonds is 5. The Morgan fingerprint density at radius 3 is 2.67 bits per heavy atom. The summed E-state index contributed by atoms with van der Waals surface area (Å²) >= 11 is 0. The van der Waals surface area contributed by atoms with Crippen LogP contribution in [0.15, 0.2) is 18.2 Å². The highest BCUT2D eigenvalue weighted by Gasteiger charge is 2.13. The van der Waals surface area contributed by atoms with Crippen molar-refractivity contribution in [3.05, 3.63) is 29.6 Å². The minimum absolute atomic E-state index is 0.0295. The molecule has 0 spiro atoms. The number of amides is 1. The lowest BCUT2D eigenvalue weighted by atomic mass is 10.2. The summed E-state index contributed by atoms with van der Waals surface area (Å²) in [6.45, 7) is -0.0295. The number of carbonyl (C=O) groups is 2. The standard InChI is InChI=1S/C11H13FN2O4/c12-7-5-6(1-2-8(7)13)10(16)14-4-3-9(15)11(17)18/h1-2,5,9,15H,3-4,13H2,(H,14,16)(H,17,18). The van der Waals surface area contributed by atoms with Gasteiger partial charge in [-0.1, -0.05) is 0 Å². The number of aliphatic hydroxyl groups is 1. The average Bonchev–Trinajstić information content (AvgIpc) is 2.32. The Kier molecular flexibility index (Phi) is 4.61. The molecule has 1 aromatic rings. The third-order valence-corrected chi connectivity index (χ3v) is 2.25. The first-order chi connectivity index (χ1) is 8.41. The summed E-state index contributed by atoms with van der Waals surface area (Å²) in [7, 11) is 0. The number of nitrogen functional groups attached to an aromatic ring is 1. The van der Waals surface area contributed by atoms with Gasteiger partial charge < -0.3 is 21.3 Å². The van der Waals surface area contributed by atoms with Gasteiger partial charge in [0.25, 0.3) is 5.91 Å². The van der Waals surface area contributed by atoms with Crippen LogP contribution in [0.25, 0.3) is 0 Å². The maximum absolute atomic E-state index is 13.1. The Morgan fingerprint density at radius 1 is 1.44 bits per heavy atom. The minimum Gasteiger partial charge on any atom is -0.479 e. The molecule has 1 rings (SSSR count). The molecule has 1 unspecified atom stereocenters. The van der Waals surface area contributed by atoms with Crippen molar-refractivity contribution in [1.29, 1.82) is 0 Å². The first kappa shape index (κ1) is 13.9. The van der Waals surface area contributed by atoms with E-state index in [0.29, 0.717) is 0 Å². The van der Waals surface area contributed by atoms with E-state index in [9.17, 15) is 14.0 Å². The van der Waals surface area contributed by atoms with Crippen LogP contribution < -0.4 is 11.1 Å². The third kappa shape index (κ3) is 3.70. The Labute approximate surface area is 102 Å². The molecule has 0 radical (unpaired) electrons. The van der Waals surface area contributed by atoms with E-state index in [-0.39, 0.29) is 24.2 Å². The molecule has 0 aliphatic carbocycles. The number of aliphatic carboxylic acids is 1. The van der Waals surface area contributed by atoms with Crippen molar-refractivity contribution in [1.82, 2.24) is 5.32 Å². The number of benzene rings is 1. The van der Waals surface area contributed by atoms with Crippen LogP contribution in [-0.4, -0.2) is 34.7 Å². The molecule has 18 heavy (non-hydrogen) atoms. The number of carboxylic acids is 1. The van der Waals surface area contributed by atoms with Gasteiger partial charge in [0.15, 0.2) is 6.10 Å². The SMILES string of the molecule is Nc1ccc(C(=O)NCCC(O)C(=O)O)cc1F. The number of anilines is 1. The van der Waals surface area contributed by atoms with Crippen molar-refractivity contribution < 1.29 is 24.2 Å². The predicted octanol–water partition coefficient (Wildman–Crippen LogP) is -0.0267. The summed E-state index contributed by atoms with van der Waals surface area (Å²) in [6, 6.07) is 3.59. The van der Waals surface area contributed by atoms with Crippen LogP contribution in [0.2, 0.25) is 0 Å². The Morgan fingerprint density at radius 2 is 2.11 bits per heavy atom. The Balaban J connectivity index is 2.50. The van der Waals surface area contributed by atoms with E-state index in [1.807, 2.05) is 0 Å². The lowest BCUT2D eigenvalue weighted by Gasteiger charge is -2.07. The summed E-state index contributed by atoms with van der Waals surface area (Å²) in [5.74, 6) is -2.62. The van der Waals surface area contributed by atoms with Gasteiger partial charge in [-0.3, -0.25) is 4.79 Å². The molecule has 0 aromatic heterocycles. The highest BCUT2D eigenvalue weighted by atomic mass is 19.1. The quantitative estimate of drug-likeness (QED) is 0.553. The number of halogens is 1. The average molecular weight is 256 g/mol. The van der Waals surface area contributed by atoms with Crippen LogP contribution >= 0.6 is 0 Å². The van der Waals surface area contributed by atoms with Gasteiger partial charge in [-0.15, -0.1) is 0 Å². The molecule has 1 aromatic carbocycles. The molecule has 98 valence electrons. The highest BCUT2D eigenvalue weighted by molar-refractivity contribution is 5.94. The predicted molar refractivity (Wildman–Crippen MR) is 61.4 cm³/mol. The van der Waals surface area contributed by atoms with Crippen LogP contribution in [0.3, 0.4) is 0 Å². The summed E-state index contributed by atoms with van der Waals surface area (Å²) < 4.78 is 13.1. The minimum atomic E-state index is -1.53. The Bertz CT molecular complexity index is 464. The second-order valence-corrected chi connectivity index (χ2v) is 3.63. The molecule has 0 saturated carbocycles. The normalized spacial score (nSPS) is 11.9. The van der Waals surface area contributed by atoms with Crippen LogP contribution in [0.4, 0.5) is 10.1 Å². The smallest absolute Gasteiger partial charge is 0.332 e. The summed E-state index contributed by atoms with van der Waals surface area (Å²) in [4.78, 5) is 21.8. The lowest BCUT2D eigenvalue weighted by molar-refractivity contribution is -0.146. The zero-order valence-electron chi connectivity index (χ0n) is 9.39. The molecule has 0 bridgehead atoms. The van der Waals surface area contributed by atoms with Gasteiger partial charge in [-0.05, 0) is 18.2 Å². The van der Waals surface area contributed by atoms with Crippen molar-refractivity contribution >= 4 is 17.6 Å². The fourth-order valence-electron chi connectivity index (χ4n) is 1.22. The van der Waals surface area contributed by atoms with Crippen molar-refractivity contribution in [2.45, 2.75) is 12.5 Å². The number of carbonyl (C=O) groups excluding carboxylic acids is 1. The van der Waals surface area contributed by atoms with Gasteiger partial charge in [-0.25, -0.2) is 9.18 Å². The molecule has 0 aliphatic heterocycles. The molecule has 0 saturated heterocycles. The topological polar surface area (TPSA) is 113 Å². The second kappa shape index (κ2) is 5.97. The van der Waals surface area contributed by atoms with Crippen LogP contribution in [0, 0.1) is 5.82 Å². The molecule has 1 atom stereocenters. The molecule has 6 nitrogen and oxygen atoms in total. The molecule has 0 aliphatic rings. The molecule has 5 N–H and O–H groups in total. The number of nitrogens with two attached hydrogens (primary N) is 1. The zero-order valence-corrected chi connectivity index (χ0v) is 9.39. The fraction of sp³-hybridized carbons (Fsp3) is 0.273. The first-order valence-corrected chi connectivity index (χ1v) is 5.16. The highest BCUT2D eigenvalue weighted by Crippen LogP contribution is 2.11. The number of hydrogen-bond donors (Lipinski definition) is 4. The van der Waals surface area contributed by atoms with E-state index in [1.54, 1.807) is 0 Å². The Hall–Kier alpha value is -2.15. The summed E-state index contributed by atoms with van der Waals surface area (Å²) in [6.07, 6.45) is -1.66. The van der Waals surface area contributed by atoms with Crippen LogP contribution in [0.5, 0.6) is 0 Å². The van der Waals surface area contributed by atoms with E-state index in [2.05, 4.69) is 5.32 Å². The summed E-state index contributed by atoms with van der Waals surface area (Å²) in [5.41, 5.74) is 5.27. The maximum Gasteiger partial charge on any atom is 0.332 e. The largest absolute Gasteiger partial charge is 0.479 e. The third-order valence-electron chi connectivity index (χ3n) is 2.25. The fourth-order valence-corrected chi connectivity index (χ4v) is 1.22. The number of aliphatic hydroxyl groups excluding tert-OH is 1. The molecule has 7 heteroatoms. The first-order valence-electron chi connectivity index (χ1n) is 5.16. The van der Waals surface area contributed by atoms with E-state index in [1.165, 1.54) is 12.1 Å². The van der Waals surface area contributed by atoms with E-state index >= 15 is 0 Å². The van der Waals surface area contributed by atoms with Gasteiger partial charge in [0, 0.05) is 18.5 Å². The van der Waals surface area contributed by atoms with Gasteiger partial charge in [-0.2, -0.15) is 0 Å². The number of nitrogens with one attached hydrogen (secondary N) is 1. The van der Waals surface area contributed by atoms with Gasteiger partial charge in [0.2, 0.25) is 0 Å². The van der Waals surface area contributed by atoms with Gasteiger partial charge >= 0.3 is 5.97 Å². The maximum atomic E-state index is 13.1. The van der Waals surface area contributed by atoms with E-state index < -0.39 is 23.8 Å². The molecule has 0 fully saturated rings. The van der Waals surface area contributed by atoms with Crippen LogP contribution in [-0.2, 0) is 4.79 Å². The zero-order chi connectivity index (χ0) is 13.7. The van der Waals surface area contributed by atoms with E-state index in [4.69, 9.17) is 15.9 Å². The number of hydrogen-bond acceptors (Lipinski definition) is 4. The van der Waals surface area contributed by atoms with Crippen molar-refractivity contribution in [3.8, 4) is 0 Å². The second-order valence-electron chi connectivity index (χ2n) is 3.63. The summed E-state index contributed by atoms with van der Waals surface area (Å²) in [5, 5.41) is 19.7.